The van der Waals surface area contributed by atoms with Crippen molar-refractivity contribution in [1.29, 1.82) is 0 Å². The van der Waals surface area contributed by atoms with Crippen LogP contribution >= 0.6 is 11.6 Å². The summed E-state index contributed by atoms with van der Waals surface area (Å²) in [4.78, 5) is 12.3. The number of benzene rings is 3. The number of ether oxygens (including phenoxy) is 1. The summed E-state index contributed by atoms with van der Waals surface area (Å²) >= 11 is 6.03. The fourth-order valence-electron chi connectivity index (χ4n) is 3.22. The highest BCUT2D eigenvalue weighted by atomic mass is 35.5. The maximum Gasteiger partial charge on any atom is 0.340 e. The Balaban J connectivity index is 2.04. The van der Waals surface area contributed by atoms with E-state index < -0.39 is 5.97 Å². The fourth-order valence-corrected chi connectivity index (χ4v) is 3.35. The molecular formula is C23H17ClN2O3. The number of aromatic carboxylic acids is 1. The molecule has 0 bridgehead atoms. The minimum absolute atomic E-state index is 0.124. The van der Waals surface area contributed by atoms with E-state index in [1.807, 2.05) is 54.6 Å². The van der Waals surface area contributed by atoms with E-state index in [4.69, 9.17) is 21.4 Å². The van der Waals surface area contributed by atoms with Crippen molar-refractivity contribution in [1.82, 2.24) is 9.78 Å². The number of nitrogens with zero attached hydrogens (tertiary/aromatic N) is 2. The van der Waals surface area contributed by atoms with Crippen molar-refractivity contribution in [3.05, 3.63) is 89.4 Å². The minimum Gasteiger partial charge on any atom is -0.497 e. The van der Waals surface area contributed by atoms with Crippen molar-refractivity contribution in [2.75, 3.05) is 7.11 Å². The largest absolute Gasteiger partial charge is 0.497 e. The first-order chi connectivity index (χ1) is 14.1. The summed E-state index contributed by atoms with van der Waals surface area (Å²) in [5.41, 5.74) is 3.11. The zero-order valence-electron chi connectivity index (χ0n) is 15.5. The van der Waals surface area contributed by atoms with Gasteiger partial charge in [0, 0.05) is 16.1 Å². The molecular weight excluding hydrogens is 388 g/mol. The number of methoxy groups -OCH3 is 1. The first kappa shape index (κ1) is 18.8. The topological polar surface area (TPSA) is 64.4 Å². The van der Waals surface area contributed by atoms with E-state index in [1.165, 1.54) is 0 Å². The first-order valence-corrected chi connectivity index (χ1v) is 9.28. The second-order valence-electron chi connectivity index (χ2n) is 6.36. The number of carboxylic acids is 1. The maximum atomic E-state index is 12.3. The Kier molecular flexibility index (Phi) is 5.06. The second-order valence-corrected chi connectivity index (χ2v) is 6.80. The van der Waals surface area contributed by atoms with Crippen LogP contribution in [-0.4, -0.2) is 28.0 Å². The molecule has 0 fully saturated rings. The SMILES string of the molecule is COc1cccc(-c2nn(-c3ccc(Cl)cc3)c(-c3ccccc3)c2C(=O)O)c1. The van der Waals surface area contributed by atoms with Gasteiger partial charge in [0.15, 0.2) is 0 Å². The minimum atomic E-state index is -1.05. The summed E-state index contributed by atoms with van der Waals surface area (Å²) in [5, 5.41) is 15.4. The van der Waals surface area contributed by atoms with Gasteiger partial charge in [-0.05, 0) is 36.4 Å². The fraction of sp³-hybridized carbons (Fsp3) is 0.0435. The van der Waals surface area contributed by atoms with E-state index in [0.717, 1.165) is 5.56 Å². The molecule has 144 valence electrons. The Morgan fingerprint density at radius 1 is 0.966 bits per heavy atom. The summed E-state index contributed by atoms with van der Waals surface area (Å²) in [6.45, 7) is 0. The molecule has 0 spiro atoms. The summed E-state index contributed by atoms with van der Waals surface area (Å²) in [5.74, 6) is -0.428. The van der Waals surface area contributed by atoms with Crippen LogP contribution in [0.5, 0.6) is 5.75 Å². The number of carbonyl (C=O) groups is 1. The highest BCUT2D eigenvalue weighted by molar-refractivity contribution is 6.30. The Morgan fingerprint density at radius 3 is 2.31 bits per heavy atom. The Bertz CT molecular complexity index is 1170. The summed E-state index contributed by atoms with van der Waals surface area (Å²) in [6, 6.07) is 23.7. The van der Waals surface area contributed by atoms with Crippen molar-refractivity contribution >= 4 is 17.6 Å². The Labute approximate surface area is 172 Å². The van der Waals surface area contributed by atoms with Crippen LogP contribution in [0.2, 0.25) is 5.02 Å². The lowest BCUT2D eigenvalue weighted by molar-refractivity contribution is 0.0698. The zero-order valence-corrected chi connectivity index (χ0v) is 16.3. The van der Waals surface area contributed by atoms with Crippen LogP contribution in [0.4, 0.5) is 0 Å². The third kappa shape index (κ3) is 3.60. The number of hydrogen-bond donors (Lipinski definition) is 1. The van der Waals surface area contributed by atoms with E-state index in [9.17, 15) is 9.90 Å². The first-order valence-electron chi connectivity index (χ1n) is 8.90. The highest BCUT2D eigenvalue weighted by Crippen LogP contribution is 2.35. The molecule has 0 unspecified atom stereocenters. The van der Waals surface area contributed by atoms with Crippen molar-refractivity contribution in [2.45, 2.75) is 0 Å². The zero-order chi connectivity index (χ0) is 20.4. The molecule has 0 aliphatic heterocycles. The standard InChI is InChI=1S/C23H17ClN2O3/c1-29-19-9-5-8-16(14-19)21-20(23(27)28)22(15-6-3-2-4-7-15)26(25-21)18-12-10-17(24)11-13-18/h2-14H,1H3,(H,27,28). The van der Waals surface area contributed by atoms with E-state index in [2.05, 4.69) is 0 Å². The van der Waals surface area contributed by atoms with Gasteiger partial charge in [-0.1, -0.05) is 54.1 Å². The molecule has 1 heterocycles. The van der Waals surface area contributed by atoms with E-state index in [1.54, 1.807) is 36.1 Å². The maximum absolute atomic E-state index is 12.3. The van der Waals surface area contributed by atoms with Crippen molar-refractivity contribution in [2.24, 2.45) is 0 Å². The Morgan fingerprint density at radius 2 is 1.66 bits per heavy atom. The molecule has 1 aromatic heterocycles. The number of halogens is 1. The lowest BCUT2D eigenvalue weighted by atomic mass is 10.0. The molecule has 0 saturated carbocycles. The van der Waals surface area contributed by atoms with Crippen LogP contribution in [0, 0.1) is 0 Å². The van der Waals surface area contributed by atoms with Crippen LogP contribution in [0.1, 0.15) is 10.4 Å². The summed E-state index contributed by atoms with van der Waals surface area (Å²) in [7, 11) is 1.57. The lowest BCUT2D eigenvalue weighted by Crippen LogP contribution is -2.03. The average molecular weight is 405 g/mol. The van der Waals surface area contributed by atoms with Gasteiger partial charge in [-0.15, -0.1) is 0 Å². The highest BCUT2D eigenvalue weighted by Gasteiger charge is 2.26. The van der Waals surface area contributed by atoms with Gasteiger partial charge >= 0.3 is 5.97 Å². The van der Waals surface area contributed by atoms with Gasteiger partial charge in [-0.3, -0.25) is 0 Å². The molecule has 5 nitrogen and oxygen atoms in total. The van der Waals surface area contributed by atoms with Crippen molar-refractivity contribution < 1.29 is 14.6 Å². The lowest BCUT2D eigenvalue weighted by Gasteiger charge is -2.09. The number of aromatic nitrogens is 2. The third-order valence-electron chi connectivity index (χ3n) is 4.56. The monoisotopic (exact) mass is 404 g/mol. The van der Waals surface area contributed by atoms with Crippen LogP contribution < -0.4 is 4.74 Å². The number of rotatable bonds is 5. The molecule has 3 aromatic carbocycles. The van der Waals surface area contributed by atoms with Crippen LogP contribution in [0.25, 0.3) is 28.2 Å². The van der Waals surface area contributed by atoms with Gasteiger partial charge in [0.25, 0.3) is 0 Å². The van der Waals surface area contributed by atoms with Gasteiger partial charge in [0.05, 0.1) is 18.5 Å². The molecule has 0 radical (unpaired) electrons. The molecule has 0 aliphatic carbocycles. The molecule has 4 rings (SSSR count). The van der Waals surface area contributed by atoms with Gasteiger partial charge < -0.3 is 9.84 Å². The molecule has 4 aromatic rings. The van der Waals surface area contributed by atoms with Gasteiger partial charge in [0.2, 0.25) is 0 Å². The van der Waals surface area contributed by atoms with E-state index in [0.29, 0.717) is 33.4 Å². The average Bonchev–Trinajstić information content (AvgIpc) is 3.16. The van der Waals surface area contributed by atoms with E-state index >= 15 is 0 Å². The third-order valence-corrected chi connectivity index (χ3v) is 4.81. The van der Waals surface area contributed by atoms with E-state index in [-0.39, 0.29) is 5.56 Å². The van der Waals surface area contributed by atoms with Gasteiger partial charge in [-0.25, -0.2) is 9.48 Å². The molecule has 0 amide bonds. The molecule has 29 heavy (non-hydrogen) atoms. The van der Waals surface area contributed by atoms with Crippen molar-refractivity contribution in [3.63, 3.8) is 0 Å². The normalized spacial score (nSPS) is 10.7. The quantitative estimate of drug-likeness (QED) is 0.472. The molecule has 6 heteroatoms. The summed E-state index contributed by atoms with van der Waals surface area (Å²) in [6.07, 6.45) is 0. The molecule has 0 aliphatic rings. The number of hydrogen-bond acceptors (Lipinski definition) is 3. The van der Waals surface area contributed by atoms with Crippen molar-refractivity contribution in [3.8, 4) is 34.0 Å². The predicted octanol–water partition coefficient (Wildman–Crippen LogP) is 5.57. The van der Waals surface area contributed by atoms with Crippen LogP contribution in [0.15, 0.2) is 78.9 Å². The number of carboxylic acid groups (broad SMARTS) is 1. The Hall–Kier alpha value is -3.57. The smallest absolute Gasteiger partial charge is 0.340 e. The molecule has 0 saturated heterocycles. The summed E-state index contributed by atoms with van der Waals surface area (Å²) < 4.78 is 6.94. The predicted molar refractivity (Wildman–Crippen MR) is 113 cm³/mol. The second kappa shape index (κ2) is 7.81. The van der Waals surface area contributed by atoms with Crippen LogP contribution in [0.3, 0.4) is 0 Å². The van der Waals surface area contributed by atoms with Gasteiger partial charge in [0.1, 0.15) is 17.0 Å². The molecule has 0 atom stereocenters. The molecule has 1 N–H and O–H groups in total. The van der Waals surface area contributed by atoms with Crippen LogP contribution in [-0.2, 0) is 0 Å². The van der Waals surface area contributed by atoms with Gasteiger partial charge in [-0.2, -0.15) is 5.10 Å².